The fourth-order valence-electron chi connectivity index (χ4n) is 3.19. The molecule has 1 N–H and O–H groups in total. The van der Waals surface area contributed by atoms with Gasteiger partial charge in [0.2, 0.25) is 11.8 Å². The normalized spacial score (nSPS) is 40.8. The molecule has 0 aliphatic carbocycles. The van der Waals surface area contributed by atoms with Crippen molar-refractivity contribution in [3.05, 3.63) is 0 Å². The van der Waals surface area contributed by atoms with Crippen molar-refractivity contribution in [1.82, 2.24) is 5.32 Å². The highest BCUT2D eigenvalue weighted by Gasteiger charge is 2.57. The third kappa shape index (κ3) is 2.35. The minimum absolute atomic E-state index is 0.206. The topological polar surface area (TPSA) is 83.1 Å². The minimum atomic E-state index is -0.711. The van der Waals surface area contributed by atoms with Crippen molar-refractivity contribution >= 4 is 11.8 Å². The van der Waals surface area contributed by atoms with Gasteiger partial charge in [-0.2, -0.15) is 0 Å². The van der Waals surface area contributed by atoms with E-state index in [-0.39, 0.29) is 48.9 Å². The lowest BCUT2D eigenvalue weighted by Crippen LogP contribution is -2.47. The van der Waals surface area contributed by atoms with Gasteiger partial charge in [0.05, 0.1) is 6.10 Å². The van der Waals surface area contributed by atoms with Crippen molar-refractivity contribution in [2.24, 2.45) is 5.92 Å². The van der Waals surface area contributed by atoms with Gasteiger partial charge in [-0.25, -0.2) is 0 Å². The molecule has 2 amide bonds. The first kappa shape index (κ1) is 13.9. The molecular formula is C13H19NO6. The molecule has 0 aromatic heterocycles. The number of carbonyl (C=O) groups excluding carboxylic acids is 2. The molecule has 0 radical (unpaired) electrons. The highest BCUT2D eigenvalue weighted by molar-refractivity contribution is 5.97. The van der Waals surface area contributed by atoms with Gasteiger partial charge in [-0.3, -0.25) is 14.9 Å². The maximum Gasteiger partial charge on any atom is 0.226 e. The summed E-state index contributed by atoms with van der Waals surface area (Å²) in [5.74, 6) is -1.47. The van der Waals surface area contributed by atoms with Crippen molar-refractivity contribution in [3.63, 3.8) is 0 Å². The molecule has 3 aliphatic rings. The van der Waals surface area contributed by atoms with E-state index in [4.69, 9.17) is 18.9 Å². The first-order valence-electron chi connectivity index (χ1n) is 6.76. The van der Waals surface area contributed by atoms with Crippen molar-refractivity contribution in [2.45, 2.75) is 57.1 Å². The molecule has 3 fully saturated rings. The van der Waals surface area contributed by atoms with Gasteiger partial charge in [0.25, 0.3) is 0 Å². The molecule has 7 heteroatoms. The number of fused-ring (bicyclic) bond motifs is 1. The second-order valence-electron chi connectivity index (χ2n) is 5.91. The summed E-state index contributed by atoms with van der Waals surface area (Å²) in [6.45, 7) is 3.63. The molecule has 0 spiro atoms. The van der Waals surface area contributed by atoms with E-state index in [2.05, 4.69) is 5.32 Å². The van der Waals surface area contributed by atoms with Crippen LogP contribution in [0.4, 0.5) is 0 Å². The molecule has 4 atom stereocenters. The van der Waals surface area contributed by atoms with Gasteiger partial charge in [-0.1, -0.05) is 0 Å². The Morgan fingerprint density at radius 2 is 1.80 bits per heavy atom. The smallest absolute Gasteiger partial charge is 0.226 e. The summed E-state index contributed by atoms with van der Waals surface area (Å²) < 4.78 is 22.8. The first-order valence-corrected chi connectivity index (χ1v) is 6.76. The standard InChI is InChI=1S/C13H19NO6/c1-13(2)19-11-10(17-3)9(18-12(11)20-13)6-4-7(15)14-8(16)5-6/h6,9-12H,4-5H2,1-3H3,(H,14,15,16)/t9-,10-,11+,12+/m0/s1. The Morgan fingerprint density at radius 3 is 2.40 bits per heavy atom. The summed E-state index contributed by atoms with van der Waals surface area (Å²) in [5.41, 5.74) is 0. The van der Waals surface area contributed by atoms with Crippen LogP contribution in [0.5, 0.6) is 0 Å². The quantitative estimate of drug-likeness (QED) is 0.715. The number of amides is 2. The SMILES string of the molecule is CO[C@@H]1[C@H]2OC(C)(C)O[C@H]2O[C@H]1C1CC(=O)NC(=O)C1. The van der Waals surface area contributed by atoms with E-state index < -0.39 is 12.1 Å². The van der Waals surface area contributed by atoms with Gasteiger partial charge in [0, 0.05) is 25.9 Å². The van der Waals surface area contributed by atoms with Crippen LogP contribution in [0, 0.1) is 5.92 Å². The molecule has 0 saturated carbocycles. The molecule has 0 aromatic rings. The molecule has 3 saturated heterocycles. The van der Waals surface area contributed by atoms with Crippen LogP contribution < -0.4 is 5.32 Å². The van der Waals surface area contributed by atoms with Crippen molar-refractivity contribution in [2.75, 3.05) is 7.11 Å². The highest BCUT2D eigenvalue weighted by atomic mass is 16.8. The van der Waals surface area contributed by atoms with E-state index in [1.165, 1.54) is 0 Å². The fourth-order valence-corrected chi connectivity index (χ4v) is 3.19. The molecule has 7 nitrogen and oxygen atoms in total. The van der Waals surface area contributed by atoms with E-state index in [0.29, 0.717) is 0 Å². The summed E-state index contributed by atoms with van der Waals surface area (Å²) in [4.78, 5) is 23.0. The number of hydrogen-bond acceptors (Lipinski definition) is 6. The first-order chi connectivity index (χ1) is 9.39. The second-order valence-corrected chi connectivity index (χ2v) is 5.91. The van der Waals surface area contributed by atoms with Crippen LogP contribution in [0.3, 0.4) is 0 Å². The Bertz CT molecular complexity index is 421. The third-order valence-electron chi connectivity index (χ3n) is 3.94. The van der Waals surface area contributed by atoms with Crippen molar-refractivity contribution in [1.29, 1.82) is 0 Å². The van der Waals surface area contributed by atoms with Crippen molar-refractivity contribution in [3.8, 4) is 0 Å². The lowest BCUT2D eigenvalue weighted by molar-refractivity contribution is -0.223. The summed E-state index contributed by atoms with van der Waals surface area (Å²) >= 11 is 0. The zero-order valence-electron chi connectivity index (χ0n) is 11.8. The van der Waals surface area contributed by atoms with Crippen LogP contribution in [0.25, 0.3) is 0 Å². The van der Waals surface area contributed by atoms with Gasteiger partial charge in [0.15, 0.2) is 12.1 Å². The Hall–Kier alpha value is -1.02. The fraction of sp³-hybridized carbons (Fsp3) is 0.846. The number of imide groups is 1. The lowest BCUT2D eigenvalue weighted by Gasteiger charge is -2.31. The monoisotopic (exact) mass is 285 g/mol. The van der Waals surface area contributed by atoms with Gasteiger partial charge in [-0.05, 0) is 13.8 Å². The molecule has 0 aromatic carbocycles. The Kier molecular flexibility index (Phi) is 3.32. The summed E-state index contributed by atoms with van der Waals surface area (Å²) in [7, 11) is 1.57. The number of piperidine rings is 1. The minimum Gasteiger partial charge on any atom is -0.376 e. The van der Waals surface area contributed by atoms with E-state index in [1.54, 1.807) is 7.11 Å². The Balaban J connectivity index is 1.75. The van der Waals surface area contributed by atoms with E-state index in [9.17, 15) is 9.59 Å². The van der Waals surface area contributed by atoms with Crippen molar-refractivity contribution < 1.29 is 28.5 Å². The van der Waals surface area contributed by atoms with Crippen LogP contribution in [0.1, 0.15) is 26.7 Å². The third-order valence-corrected chi connectivity index (χ3v) is 3.94. The average Bonchev–Trinajstić information content (AvgIpc) is 2.79. The molecule has 112 valence electrons. The number of carbonyl (C=O) groups is 2. The number of methoxy groups -OCH3 is 1. The molecule has 3 aliphatic heterocycles. The van der Waals surface area contributed by atoms with E-state index >= 15 is 0 Å². The number of nitrogens with one attached hydrogen (secondary N) is 1. The number of rotatable bonds is 2. The Labute approximate surface area is 116 Å². The molecule has 20 heavy (non-hydrogen) atoms. The molecule has 0 bridgehead atoms. The number of hydrogen-bond donors (Lipinski definition) is 1. The van der Waals surface area contributed by atoms with Gasteiger partial charge >= 0.3 is 0 Å². The lowest BCUT2D eigenvalue weighted by atomic mass is 9.88. The average molecular weight is 285 g/mol. The molecule has 3 heterocycles. The number of ether oxygens (including phenoxy) is 4. The van der Waals surface area contributed by atoms with E-state index in [0.717, 1.165) is 0 Å². The summed E-state index contributed by atoms with van der Waals surface area (Å²) in [6, 6.07) is 0. The van der Waals surface area contributed by atoms with Crippen LogP contribution in [0.15, 0.2) is 0 Å². The Morgan fingerprint density at radius 1 is 1.15 bits per heavy atom. The predicted molar refractivity (Wildman–Crippen MR) is 65.4 cm³/mol. The van der Waals surface area contributed by atoms with Crippen LogP contribution in [0.2, 0.25) is 0 Å². The summed E-state index contributed by atoms with van der Waals surface area (Å²) in [5, 5.41) is 2.29. The maximum absolute atomic E-state index is 11.5. The van der Waals surface area contributed by atoms with Crippen LogP contribution >= 0.6 is 0 Å². The predicted octanol–water partition coefficient (Wildman–Crippen LogP) is -0.0694. The molecular weight excluding hydrogens is 266 g/mol. The highest BCUT2D eigenvalue weighted by Crippen LogP contribution is 2.42. The molecule has 0 unspecified atom stereocenters. The summed E-state index contributed by atoms with van der Waals surface area (Å²) in [6.07, 6.45) is -1.07. The zero-order valence-corrected chi connectivity index (χ0v) is 11.8. The van der Waals surface area contributed by atoms with Crippen LogP contribution in [-0.2, 0) is 28.5 Å². The maximum atomic E-state index is 11.5. The van der Waals surface area contributed by atoms with Gasteiger partial charge < -0.3 is 18.9 Å². The van der Waals surface area contributed by atoms with Crippen LogP contribution in [-0.4, -0.2) is 49.3 Å². The largest absolute Gasteiger partial charge is 0.376 e. The molecule has 3 rings (SSSR count). The van der Waals surface area contributed by atoms with E-state index in [1.807, 2.05) is 13.8 Å². The van der Waals surface area contributed by atoms with Gasteiger partial charge in [-0.15, -0.1) is 0 Å². The van der Waals surface area contributed by atoms with Gasteiger partial charge in [0.1, 0.15) is 12.2 Å². The second kappa shape index (κ2) is 4.77. The zero-order chi connectivity index (χ0) is 14.5.